The lowest BCUT2D eigenvalue weighted by molar-refractivity contribution is -0.122. The van der Waals surface area contributed by atoms with E-state index in [1.807, 2.05) is 0 Å². The first kappa shape index (κ1) is 24.2. The average Bonchev–Trinajstić information content (AvgIpc) is 2.84. The van der Waals surface area contributed by atoms with Crippen molar-refractivity contribution >= 4 is 17.7 Å². The van der Waals surface area contributed by atoms with Crippen LogP contribution in [0.3, 0.4) is 0 Å². The van der Waals surface area contributed by atoms with E-state index in [0.717, 1.165) is 38.2 Å². The number of carbonyl (C=O) groups excluding carboxylic acids is 3. The molecule has 1 saturated carbocycles. The summed E-state index contributed by atoms with van der Waals surface area (Å²) in [6.45, 7) is -0.451. The number of nitrogens with zero attached hydrogens (tertiary/aromatic N) is 1. The van der Waals surface area contributed by atoms with Crippen molar-refractivity contribution in [2.75, 3.05) is 13.7 Å². The van der Waals surface area contributed by atoms with Crippen LogP contribution in [0, 0.1) is 5.82 Å². The largest absolute Gasteiger partial charge is 0.496 e. The highest BCUT2D eigenvalue weighted by Crippen LogP contribution is 2.22. The minimum Gasteiger partial charge on any atom is -0.496 e. The second-order valence-electron chi connectivity index (χ2n) is 8.01. The molecule has 2 aromatic rings. The Labute approximate surface area is 191 Å². The van der Waals surface area contributed by atoms with Crippen LogP contribution in [-0.4, -0.2) is 47.5 Å². The molecule has 2 aromatic carbocycles. The number of ether oxygens (including phenoxy) is 1. The van der Waals surface area contributed by atoms with Gasteiger partial charge < -0.3 is 15.0 Å². The summed E-state index contributed by atoms with van der Waals surface area (Å²) >= 11 is 0. The third kappa shape index (κ3) is 6.29. The van der Waals surface area contributed by atoms with Crippen molar-refractivity contribution in [2.24, 2.45) is 0 Å². The van der Waals surface area contributed by atoms with Crippen LogP contribution in [0.4, 0.5) is 4.39 Å². The van der Waals surface area contributed by atoms with Crippen molar-refractivity contribution in [3.8, 4) is 5.75 Å². The van der Waals surface area contributed by atoms with Gasteiger partial charge in [-0.15, -0.1) is 0 Å². The Balaban J connectivity index is 1.84. The van der Waals surface area contributed by atoms with Gasteiger partial charge in [0.25, 0.3) is 11.8 Å². The predicted octanol–water partition coefficient (Wildman–Crippen LogP) is 3.04. The maximum atomic E-state index is 14.7. The van der Waals surface area contributed by atoms with Crippen LogP contribution in [0.15, 0.2) is 42.5 Å². The minimum absolute atomic E-state index is 0.0717. The fraction of sp³-hybridized carbons (Fsp3) is 0.375. The van der Waals surface area contributed by atoms with E-state index in [1.54, 1.807) is 24.3 Å². The number of halogens is 1. The van der Waals surface area contributed by atoms with Crippen LogP contribution in [0.2, 0.25) is 0 Å². The molecular weight excluding hydrogens is 429 g/mol. The molecule has 8 nitrogen and oxygen atoms in total. The number of carbonyl (C=O) groups is 3. The number of hydroxylamine groups is 1. The van der Waals surface area contributed by atoms with Gasteiger partial charge in [-0.3, -0.25) is 19.6 Å². The molecule has 0 saturated heterocycles. The second-order valence-corrected chi connectivity index (χ2v) is 8.01. The maximum absolute atomic E-state index is 14.7. The number of benzene rings is 2. The third-order valence-electron chi connectivity index (χ3n) is 5.71. The molecule has 0 aromatic heterocycles. The lowest BCUT2D eigenvalue weighted by Crippen LogP contribution is -2.44. The molecule has 3 amide bonds. The normalized spacial score (nSPS) is 13.8. The maximum Gasteiger partial charge on any atom is 0.274 e. The standard InChI is InChI=1S/C24H28FN3O5/c1-33-21-10-6-5-9-19(21)24(31)28(15-22(29)26-18-7-3-2-4-8-18)14-17-12-11-16(13-20(17)25)23(30)27-32/h5-6,9-13,18,32H,2-4,7-8,14-15H2,1H3,(H,26,29)(H,27,30). The average molecular weight is 458 g/mol. The molecule has 0 heterocycles. The van der Waals surface area contributed by atoms with E-state index >= 15 is 0 Å². The molecule has 3 N–H and O–H groups in total. The van der Waals surface area contributed by atoms with Gasteiger partial charge in [-0.2, -0.15) is 0 Å². The van der Waals surface area contributed by atoms with Crippen molar-refractivity contribution in [3.63, 3.8) is 0 Å². The van der Waals surface area contributed by atoms with Crippen LogP contribution < -0.4 is 15.5 Å². The van der Waals surface area contributed by atoms with E-state index in [1.165, 1.54) is 29.6 Å². The van der Waals surface area contributed by atoms with Gasteiger partial charge in [-0.1, -0.05) is 37.5 Å². The first-order chi connectivity index (χ1) is 15.9. The predicted molar refractivity (Wildman–Crippen MR) is 118 cm³/mol. The van der Waals surface area contributed by atoms with Crippen LogP contribution in [-0.2, 0) is 11.3 Å². The van der Waals surface area contributed by atoms with Crippen molar-refractivity contribution in [2.45, 2.75) is 44.7 Å². The van der Waals surface area contributed by atoms with Gasteiger partial charge in [0.1, 0.15) is 18.1 Å². The van der Waals surface area contributed by atoms with Crippen molar-refractivity contribution in [1.29, 1.82) is 0 Å². The number of amides is 3. The van der Waals surface area contributed by atoms with Crippen molar-refractivity contribution in [1.82, 2.24) is 15.7 Å². The molecule has 176 valence electrons. The van der Waals surface area contributed by atoms with Gasteiger partial charge in [0.15, 0.2) is 0 Å². The fourth-order valence-corrected chi connectivity index (χ4v) is 3.97. The molecule has 1 aliphatic rings. The number of nitrogens with one attached hydrogen (secondary N) is 2. The first-order valence-corrected chi connectivity index (χ1v) is 10.9. The summed E-state index contributed by atoms with van der Waals surface area (Å²) < 4.78 is 20.0. The highest BCUT2D eigenvalue weighted by molar-refractivity contribution is 5.99. The number of methoxy groups -OCH3 is 1. The van der Waals surface area contributed by atoms with E-state index in [2.05, 4.69) is 5.32 Å². The van der Waals surface area contributed by atoms with Gasteiger partial charge >= 0.3 is 0 Å². The summed E-state index contributed by atoms with van der Waals surface area (Å²) in [7, 11) is 1.44. The molecule has 1 aliphatic carbocycles. The van der Waals surface area contributed by atoms with Gasteiger partial charge in [-0.25, -0.2) is 9.87 Å². The number of hydrogen-bond acceptors (Lipinski definition) is 5. The molecule has 0 radical (unpaired) electrons. The quantitative estimate of drug-likeness (QED) is 0.417. The topological polar surface area (TPSA) is 108 Å². The number of hydrogen-bond donors (Lipinski definition) is 3. The molecule has 9 heteroatoms. The molecule has 0 spiro atoms. The highest BCUT2D eigenvalue weighted by atomic mass is 19.1. The van der Waals surface area contributed by atoms with E-state index in [0.29, 0.717) is 5.75 Å². The molecule has 3 rings (SSSR count). The summed E-state index contributed by atoms with van der Waals surface area (Å²) in [6.07, 6.45) is 5.04. The summed E-state index contributed by atoms with van der Waals surface area (Å²) in [5.74, 6) is -2.05. The SMILES string of the molecule is COc1ccccc1C(=O)N(CC(=O)NC1CCCCC1)Cc1ccc(C(=O)NO)cc1F. The Morgan fingerprint density at radius 3 is 2.52 bits per heavy atom. The Morgan fingerprint density at radius 2 is 1.85 bits per heavy atom. The molecule has 0 unspecified atom stereocenters. The van der Waals surface area contributed by atoms with E-state index in [9.17, 15) is 18.8 Å². The highest BCUT2D eigenvalue weighted by Gasteiger charge is 2.25. The van der Waals surface area contributed by atoms with Gasteiger partial charge in [0, 0.05) is 23.7 Å². The molecule has 33 heavy (non-hydrogen) atoms. The van der Waals surface area contributed by atoms with E-state index in [-0.39, 0.29) is 41.7 Å². The van der Waals surface area contributed by atoms with Gasteiger partial charge in [-0.05, 0) is 37.1 Å². The third-order valence-corrected chi connectivity index (χ3v) is 5.71. The van der Waals surface area contributed by atoms with Crippen LogP contribution in [0.25, 0.3) is 0 Å². The minimum atomic E-state index is -0.853. The lowest BCUT2D eigenvalue weighted by Gasteiger charge is -2.27. The molecule has 1 fully saturated rings. The van der Waals surface area contributed by atoms with Crippen LogP contribution >= 0.6 is 0 Å². The van der Waals surface area contributed by atoms with Crippen molar-refractivity contribution < 1.29 is 28.7 Å². The summed E-state index contributed by atoms with van der Waals surface area (Å²) in [5, 5.41) is 11.7. The van der Waals surface area contributed by atoms with Gasteiger partial charge in [0.05, 0.1) is 12.7 Å². The zero-order valence-corrected chi connectivity index (χ0v) is 18.5. The zero-order chi connectivity index (χ0) is 23.8. The second kappa shape index (κ2) is 11.4. The summed E-state index contributed by atoms with van der Waals surface area (Å²) in [6, 6.07) is 10.3. The van der Waals surface area contributed by atoms with E-state index in [4.69, 9.17) is 9.94 Å². The Morgan fingerprint density at radius 1 is 1.12 bits per heavy atom. The molecule has 0 bridgehead atoms. The molecule has 0 aliphatic heterocycles. The Kier molecular flexibility index (Phi) is 8.37. The van der Waals surface area contributed by atoms with Crippen LogP contribution in [0.1, 0.15) is 58.4 Å². The molecular formula is C24H28FN3O5. The zero-order valence-electron chi connectivity index (χ0n) is 18.5. The summed E-state index contributed by atoms with van der Waals surface area (Å²) in [5.41, 5.74) is 1.75. The molecule has 0 atom stereocenters. The Hall–Kier alpha value is -3.46. The Bertz CT molecular complexity index is 1010. The number of para-hydroxylation sites is 1. The fourth-order valence-electron chi connectivity index (χ4n) is 3.97. The smallest absolute Gasteiger partial charge is 0.274 e. The first-order valence-electron chi connectivity index (χ1n) is 10.9. The summed E-state index contributed by atoms with van der Waals surface area (Å²) in [4.78, 5) is 38.9. The van der Waals surface area contributed by atoms with E-state index < -0.39 is 17.6 Å². The monoisotopic (exact) mass is 457 g/mol. The van der Waals surface area contributed by atoms with Crippen LogP contribution in [0.5, 0.6) is 5.75 Å². The number of rotatable bonds is 8. The van der Waals surface area contributed by atoms with Gasteiger partial charge in [0.2, 0.25) is 5.91 Å². The lowest BCUT2D eigenvalue weighted by atomic mass is 9.95. The van der Waals surface area contributed by atoms with Crippen molar-refractivity contribution in [3.05, 3.63) is 65.0 Å².